The van der Waals surface area contributed by atoms with E-state index in [0.29, 0.717) is 0 Å². The summed E-state index contributed by atoms with van der Waals surface area (Å²) >= 11 is 1.88. The van der Waals surface area contributed by atoms with Crippen molar-refractivity contribution in [1.29, 1.82) is 0 Å². The summed E-state index contributed by atoms with van der Waals surface area (Å²) in [5.74, 6) is 0. The number of hydrogen-bond acceptors (Lipinski definition) is 2. The van der Waals surface area contributed by atoms with Crippen molar-refractivity contribution in [3.63, 3.8) is 0 Å². The molecule has 462 valence electrons. The summed E-state index contributed by atoms with van der Waals surface area (Å²) in [4.78, 5) is 0. The van der Waals surface area contributed by atoms with Gasteiger partial charge in [-0.3, -0.25) is 0 Å². The summed E-state index contributed by atoms with van der Waals surface area (Å²) in [5.41, 5.74) is 24.6. The van der Waals surface area contributed by atoms with Gasteiger partial charge in [0.05, 0.1) is 0 Å². The zero-order valence-corrected chi connectivity index (χ0v) is 57.3. The van der Waals surface area contributed by atoms with Crippen molar-refractivity contribution in [2.75, 3.05) is 0 Å². The van der Waals surface area contributed by atoms with Crippen molar-refractivity contribution in [1.82, 2.24) is 0 Å². The Hall–Kier alpha value is -10.1. The summed E-state index contributed by atoms with van der Waals surface area (Å²) < 4.78 is 8.49. The molecular weight excluding hydrogens is 1140 g/mol. The standard InChI is InChI=1S/C14H12S.2C14H14.C13H10O.3C12H12/c1-9-3-5-13-11(7-9)12-8-10(2)4-6-14(12)15-13;1-11-6-5-8-13(10-11)14-9-4-3-7-12(14)2;1-11-7-6-8-12(2)14(11)13-9-4-3-5-10-13;1-9-6-7-13-11(8-9)10-4-2-3-5-12(10)14-13;1-9-3-5-12-8-10(2)4-6-11(12)7-9;1-9-5-3-8-12-10(2)6-4-7-11(9)12;1-9-7-8-10(2)12-6-4-3-5-11(9)12/h3-8H,1-2H3;2*3-10H,1-2H3;2-8H,1H3;3*3-8H,1-2H3. The topological polar surface area (TPSA) is 13.1 Å². The van der Waals surface area contributed by atoms with E-state index in [1.165, 1.54) is 158 Å². The Kier molecular flexibility index (Phi) is 21.8. The molecule has 0 aliphatic heterocycles. The maximum atomic E-state index is 5.71. The van der Waals surface area contributed by atoms with E-state index in [4.69, 9.17) is 4.42 Å². The Morgan fingerprint density at radius 2 is 0.581 bits per heavy atom. The first-order chi connectivity index (χ1) is 45.0. The number of furan rings is 1. The van der Waals surface area contributed by atoms with Crippen LogP contribution in [0.3, 0.4) is 0 Å². The molecule has 93 heavy (non-hydrogen) atoms. The van der Waals surface area contributed by atoms with Crippen LogP contribution in [0.5, 0.6) is 0 Å². The van der Waals surface area contributed by atoms with E-state index in [2.05, 4.69) is 351 Å². The minimum Gasteiger partial charge on any atom is -0.456 e. The van der Waals surface area contributed by atoms with E-state index in [1.807, 2.05) is 35.6 Å². The van der Waals surface area contributed by atoms with E-state index < -0.39 is 0 Å². The first-order valence-electron chi connectivity index (χ1n) is 32.4. The summed E-state index contributed by atoms with van der Waals surface area (Å²) in [6, 6.07) is 101. The number of para-hydroxylation sites is 1. The largest absolute Gasteiger partial charge is 0.456 e. The Bertz CT molecular complexity index is 4950. The molecule has 2 heterocycles. The average Bonchev–Trinajstić information content (AvgIpc) is 2.59. The molecule has 0 spiro atoms. The third-order valence-corrected chi connectivity index (χ3v) is 18.4. The van der Waals surface area contributed by atoms with Crippen molar-refractivity contribution in [3.8, 4) is 22.3 Å². The Morgan fingerprint density at radius 3 is 1.12 bits per heavy atom. The minimum absolute atomic E-state index is 0.966. The van der Waals surface area contributed by atoms with Crippen LogP contribution in [0.15, 0.2) is 290 Å². The summed E-state index contributed by atoms with van der Waals surface area (Å²) in [6.45, 7) is 27.9. The number of fused-ring (bicyclic) bond motifs is 9. The highest BCUT2D eigenvalue weighted by molar-refractivity contribution is 7.25. The van der Waals surface area contributed by atoms with Gasteiger partial charge >= 0.3 is 0 Å². The molecule has 0 atom stereocenters. The van der Waals surface area contributed by atoms with Crippen LogP contribution in [0.25, 0.3) is 96.7 Å². The normalized spacial score (nSPS) is 10.6. The van der Waals surface area contributed by atoms with Gasteiger partial charge in [0, 0.05) is 30.9 Å². The van der Waals surface area contributed by atoms with Crippen LogP contribution < -0.4 is 0 Å². The predicted molar refractivity (Wildman–Crippen MR) is 410 cm³/mol. The van der Waals surface area contributed by atoms with Crippen LogP contribution in [0.1, 0.15) is 72.3 Å². The van der Waals surface area contributed by atoms with Crippen LogP contribution in [0.4, 0.5) is 0 Å². The van der Waals surface area contributed by atoms with Crippen molar-refractivity contribution < 1.29 is 4.42 Å². The predicted octanol–water partition coefficient (Wildman–Crippen LogP) is 26.9. The van der Waals surface area contributed by atoms with E-state index >= 15 is 0 Å². The monoisotopic (exact) mass is 1230 g/mol. The highest BCUT2D eigenvalue weighted by atomic mass is 32.1. The maximum Gasteiger partial charge on any atom is 0.135 e. The zero-order valence-electron chi connectivity index (χ0n) is 56.5. The van der Waals surface area contributed by atoms with Gasteiger partial charge in [-0.2, -0.15) is 0 Å². The molecule has 0 amide bonds. The molecule has 0 unspecified atom stereocenters. The van der Waals surface area contributed by atoms with E-state index in [-0.39, 0.29) is 0 Å². The lowest BCUT2D eigenvalue weighted by atomic mass is 9.96. The van der Waals surface area contributed by atoms with Crippen LogP contribution in [-0.4, -0.2) is 0 Å². The van der Waals surface area contributed by atoms with Crippen molar-refractivity contribution in [2.45, 2.75) is 90.0 Å². The smallest absolute Gasteiger partial charge is 0.135 e. The molecule has 2 heteroatoms. The number of aryl methyl sites for hydroxylation is 13. The lowest BCUT2D eigenvalue weighted by Gasteiger charge is -2.09. The van der Waals surface area contributed by atoms with Gasteiger partial charge in [-0.05, 0) is 226 Å². The van der Waals surface area contributed by atoms with Crippen molar-refractivity contribution in [3.05, 3.63) is 357 Å². The average molecular weight is 1230 g/mol. The van der Waals surface area contributed by atoms with Gasteiger partial charge < -0.3 is 4.42 Å². The summed E-state index contributed by atoms with van der Waals surface area (Å²) in [6.07, 6.45) is 0. The first-order valence-corrected chi connectivity index (χ1v) is 33.2. The van der Waals surface area contributed by atoms with Crippen molar-refractivity contribution in [2.24, 2.45) is 0 Å². The van der Waals surface area contributed by atoms with Gasteiger partial charge in [0.2, 0.25) is 0 Å². The third-order valence-electron chi connectivity index (χ3n) is 17.2. The number of benzene rings is 14. The molecule has 0 radical (unpaired) electrons. The molecule has 0 aliphatic rings. The molecule has 0 fully saturated rings. The van der Waals surface area contributed by atoms with E-state index in [9.17, 15) is 0 Å². The molecule has 0 N–H and O–H groups in total. The van der Waals surface area contributed by atoms with Crippen molar-refractivity contribution >= 4 is 85.8 Å². The molecule has 0 saturated carbocycles. The first kappa shape index (κ1) is 65.8. The van der Waals surface area contributed by atoms with Gasteiger partial charge in [0.25, 0.3) is 0 Å². The van der Waals surface area contributed by atoms with Crippen LogP contribution in [0, 0.1) is 90.0 Å². The summed E-state index contributed by atoms with van der Waals surface area (Å²) in [7, 11) is 0. The van der Waals surface area contributed by atoms with Gasteiger partial charge in [-0.15, -0.1) is 11.3 Å². The highest BCUT2D eigenvalue weighted by Gasteiger charge is 2.08. The number of rotatable bonds is 2. The third kappa shape index (κ3) is 16.7. The molecule has 2 aromatic heterocycles. The second-order valence-electron chi connectivity index (χ2n) is 24.9. The fraction of sp³-hybridized carbons (Fsp3) is 0.143. The Labute approximate surface area is 556 Å². The fourth-order valence-electron chi connectivity index (χ4n) is 12.1. The van der Waals surface area contributed by atoms with Gasteiger partial charge in [0.15, 0.2) is 0 Å². The maximum absolute atomic E-state index is 5.71. The Balaban J connectivity index is 0.000000119. The zero-order chi connectivity index (χ0) is 65.5. The molecule has 1 nitrogen and oxygen atoms in total. The van der Waals surface area contributed by atoms with Crippen LogP contribution in [0.2, 0.25) is 0 Å². The van der Waals surface area contributed by atoms with Gasteiger partial charge in [0.1, 0.15) is 11.2 Å². The number of hydrogen-bond donors (Lipinski definition) is 0. The second kappa shape index (κ2) is 30.8. The van der Waals surface area contributed by atoms with E-state index in [1.54, 1.807) is 0 Å². The highest BCUT2D eigenvalue weighted by Crippen LogP contribution is 2.35. The Morgan fingerprint density at radius 1 is 0.215 bits per heavy atom. The molecule has 14 aromatic carbocycles. The van der Waals surface area contributed by atoms with Gasteiger partial charge in [-0.25, -0.2) is 0 Å². The second-order valence-corrected chi connectivity index (χ2v) is 25.9. The van der Waals surface area contributed by atoms with Crippen LogP contribution >= 0.6 is 11.3 Å². The lowest BCUT2D eigenvalue weighted by molar-refractivity contribution is 0.669. The molecule has 0 bridgehead atoms. The number of thiophene rings is 1. The SMILES string of the molecule is Cc1ccc(C)c2ccccc12.Cc1ccc2cc(C)ccc2c1.Cc1ccc2oc3ccccc3c2c1.Cc1ccc2sc3ccc(C)cc3c2c1.Cc1cccc(-c2ccccc2C)c1.Cc1cccc(C)c1-c1ccccc1.Cc1cccc2c(C)cccc12. The summed E-state index contributed by atoms with van der Waals surface area (Å²) in [5, 5.41) is 13.4. The van der Waals surface area contributed by atoms with E-state index in [0.717, 1.165) is 11.2 Å². The molecule has 0 saturated heterocycles. The molecule has 0 aliphatic carbocycles. The molecule has 16 rings (SSSR count). The molecular formula is C91H86OS. The quantitative estimate of drug-likeness (QED) is 0.168. The fourth-order valence-corrected chi connectivity index (χ4v) is 13.2. The van der Waals surface area contributed by atoms with Gasteiger partial charge in [-0.1, -0.05) is 276 Å². The lowest BCUT2D eigenvalue weighted by Crippen LogP contribution is -1.86. The minimum atomic E-state index is 0.966. The van der Waals surface area contributed by atoms with Crippen LogP contribution in [-0.2, 0) is 0 Å². The molecule has 16 aromatic rings.